The molecule has 1 heterocycles. The van der Waals surface area contributed by atoms with E-state index in [4.69, 9.17) is 5.11 Å². The molecule has 0 bridgehead atoms. The number of hydrogen-bond donors (Lipinski definition) is 1. The standard InChI is InChI=1S/C9H13NO3/c11-8-4-1-6(9(12)13)5-10(8)7-2-3-7/h6-7H,1-5H2,(H,12,13). The molecule has 2 rings (SSSR count). The lowest BCUT2D eigenvalue weighted by Crippen LogP contribution is -2.43. The highest BCUT2D eigenvalue weighted by atomic mass is 16.4. The van der Waals surface area contributed by atoms with Crippen LogP contribution in [0.15, 0.2) is 0 Å². The Kier molecular flexibility index (Phi) is 1.98. The van der Waals surface area contributed by atoms with Gasteiger partial charge in [-0.1, -0.05) is 0 Å². The van der Waals surface area contributed by atoms with Crippen molar-refractivity contribution in [1.29, 1.82) is 0 Å². The topological polar surface area (TPSA) is 57.6 Å². The summed E-state index contributed by atoms with van der Waals surface area (Å²) in [5, 5.41) is 8.81. The van der Waals surface area contributed by atoms with Crippen molar-refractivity contribution in [3.8, 4) is 0 Å². The average molecular weight is 183 g/mol. The van der Waals surface area contributed by atoms with E-state index in [0.29, 0.717) is 25.4 Å². The molecule has 1 saturated heterocycles. The molecule has 1 N–H and O–H groups in total. The Labute approximate surface area is 76.5 Å². The van der Waals surface area contributed by atoms with Gasteiger partial charge in [0.05, 0.1) is 5.92 Å². The Hall–Kier alpha value is -1.06. The van der Waals surface area contributed by atoms with Gasteiger partial charge in [-0.2, -0.15) is 0 Å². The fourth-order valence-electron chi connectivity index (χ4n) is 1.81. The molecule has 0 aromatic heterocycles. The van der Waals surface area contributed by atoms with E-state index in [2.05, 4.69) is 0 Å². The van der Waals surface area contributed by atoms with Crippen LogP contribution < -0.4 is 0 Å². The molecule has 1 unspecified atom stereocenters. The zero-order valence-electron chi connectivity index (χ0n) is 7.40. The Morgan fingerprint density at radius 3 is 2.62 bits per heavy atom. The molecule has 0 spiro atoms. The van der Waals surface area contributed by atoms with Crippen molar-refractivity contribution >= 4 is 11.9 Å². The van der Waals surface area contributed by atoms with Crippen molar-refractivity contribution in [2.45, 2.75) is 31.7 Å². The third kappa shape index (κ3) is 1.66. The molecule has 4 nitrogen and oxygen atoms in total. The molecular weight excluding hydrogens is 170 g/mol. The van der Waals surface area contributed by atoms with Crippen molar-refractivity contribution in [2.75, 3.05) is 6.54 Å². The quantitative estimate of drug-likeness (QED) is 0.677. The number of piperidine rings is 1. The van der Waals surface area contributed by atoms with E-state index in [1.807, 2.05) is 0 Å². The van der Waals surface area contributed by atoms with Crippen molar-refractivity contribution in [1.82, 2.24) is 4.90 Å². The Bertz CT molecular complexity index is 247. The molecule has 0 radical (unpaired) electrons. The van der Waals surface area contributed by atoms with Crippen LogP contribution in [0.3, 0.4) is 0 Å². The van der Waals surface area contributed by atoms with Gasteiger partial charge in [0.2, 0.25) is 5.91 Å². The van der Waals surface area contributed by atoms with Gasteiger partial charge in [-0.15, -0.1) is 0 Å². The molecule has 1 saturated carbocycles. The lowest BCUT2D eigenvalue weighted by atomic mass is 9.98. The third-order valence-corrected chi connectivity index (χ3v) is 2.78. The van der Waals surface area contributed by atoms with Gasteiger partial charge in [0.25, 0.3) is 0 Å². The molecule has 0 aromatic carbocycles. The van der Waals surface area contributed by atoms with Crippen molar-refractivity contribution in [3.05, 3.63) is 0 Å². The summed E-state index contributed by atoms with van der Waals surface area (Å²) in [6.07, 6.45) is 3.03. The highest BCUT2D eigenvalue weighted by Crippen LogP contribution is 2.31. The monoisotopic (exact) mass is 183 g/mol. The first-order valence-electron chi connectivity index (χ1n) is 4.71. The summed E-state index contributed by atoms with van der Waals surface area (Å²) in [5.74, 6) is -0.962. The lowest BCUT2D eigenvalue weighted by Gasteiger charge is -2.30. The van der Waals surface area contributed by atoms with Crippen LogP contribution in [0, 0.1) is 5.92 Å². The van der Waals surface area contributed by atoms with Crippen LogP contribution >= 0.6 is 0 Å². The minimum Gasteiger partial charge on any atom is -0.481 e. The predicted molar refractivity (Wildman–Crippen MR) is 45.1 cm³/mol. The molecule has 1 aliphatic carbocycles. The van der Waals surface area contributed by atoms with Crippen LogP contribution in [0.4, 0.5) is 0 Å². The van der Waals surface area contributed by atoms with Gasteiger partial charge in [-0.05, 0) is 19.3 Å². The second-order valence-corrected chi connectivity index (χ2v) is 3.85. The number of carbonyl (C=O) groups excluding carboxylic acids is 1. The summed E-state index contributed by atoms with van der Waals surface area (Å²) >= 11 is 0. The van der Waals surface area contributed by atoms with Gasteiger partial charge in [0.15, 0.2) is 0 Å². The van der Waals surface area contributed by atoms with Crippen LogP contribution in [0.2, 0.25) is 0 Å². The molecule has 1 atom stereocenters. The number of nitrogens with zero attached hydrogens (tertiary/aromatic N) is 1. The summed E-state index contributed by atoms with van der Waals surface area (Å²) in [5.41, 5.74) is 0. The molecular formula is C9H13NO3. The maximum Gasteiger partial charge on any atom is 0.308 e. The van der Waals surface area contributed by atoms with Crippen LogP contribution in [0.25, 0.3) is 0 Å². The molecule has 0 aromatic rings. The highest BCUT2D eigenvalue weighted by Gasteiger charge is 2.38. The number of carbonyl (C=O) groups is 2. The largest absolute Gasteiger partial charge is 0.481 e. The van der Waals surface area contributed by atoms with E-state index in [0.717, 1.165) is 12.8 Å². The van der Waals surface area contributed by atoms with Gasteiger partial charge in [0.1, 0.15) is 0 Å². The highest BCUT2D eigenvalue weighted by molar-refractivity contribution is 5.81. The molecule has 1 aliphatic heterocycles. The second-order valence-electron chi connectivity index (χ2n) is 3.85. The normalized spacial score (nSPS) is 29.1. The Morgan fingerprint density at radius 2 is 2.08 bits per heavy atom. The zero-order chi connectivity index (χ0) is 9.42. The van der Waals surface area contributed by atoms with E-state index in [9.17, 15) is 9.59 Å². The first kappa shape index (κ1) is 8.53. The lowest BCUT2D eigenvalue weighted by molar-refractivity contribution is -0.147. The van der Waals surface area contributed by atoms with Gasteiger partial charge < -0.3 is 10.0 Å². The first-order chi connectivity index (χ1) is 6.18. The molecule has 4 heteroatoms. The number of likely N-dealkylation sites (tertiary alicyclic amines) is 1. The van der Waals surface area contributed by atoms with E-state index in [1.54, 1.807) is 4.90 Å². The maximum absolute atomic E-state index is 11.4. The fourth-order valence-corrected chi connectivity index (χ4v) is 1.81. The second kappa shape index (κ2) is 3.01. The van der Waals surface area contributed by atoms with E-state index in [-0.39, 0.29) is 11.8 Å². The maximum atomic E-state index is 11.4. The molecule has 13 heavy (non-hydrogen) atoms. The van der Waals surface area contributed by atoms with Crippen molar-refractivity contribution in [3.63, 3.8) is 0 Å². The van der Waals surface area contributed by atoms with E-state index < -0.39 is 5.97 Å². The number of aliphatic carboxylic acids is 1. The molecule has 72 valence electrons. The SMILES string of the molecule is O=C(O)C1CCC(=O)N(C2CC2)C1. The van der Waals surface area contributed by atoms with Crippen LogP contribution in [0.1, 0.15) is 25.7 Å². The van der Waals surface area contributed by atoms with Crippen LogP contribution in [0.5, 0.6) is 0 Å². The number of rotatable bonds is 2. The zero-order valence-corrected chi connectivity index (χ0v) is 7.40. The van der Waals surface area contributed by atoms with Crippen LogP contribution in [-0.4, -0.2) is 34.5 Å². The van der Waals surface area contributed by atoms with Gasteiger partial charge in [0, 0.05) is 19.0 Å². The minimum absolute atomic E-state index is 0.139. The van der Waals surface area contributed by atoms with Gasteiger partial charge in [-0.25, -0.2) is 0 Å². The molecule has 2 aliphatic rings. The predicted octanol–water partition coefficient (Wildman–Crippen LogP) is 0.472. The van der Waals surface area contributed by atoms with E-state index >= 15 is 0 Å². The fraction of sp³-hybridized carbons (Fsp3) is 0.778. The number of carboxylic acid groups (broad SMARTS) is 1. The average Bonchev–Trinajstić information content (AvgIpc) is 2.87. The van der Waals surface area contributed by atoms with Gasteiger partial charge in [-0.3, -0.25) is 9.59 Å². The van der Waals surface area contributed by atoms with Crippen molar-refractivity contribution in [2.24, 2.45) is 5.92 Å². The first-order valence-corrected chi connectivity index (χ1v) is 4.71. The number of hydrogen-bond acceptors (Lipinski definition) is 2. The summed E-state index contributed by atoms with van der Waals surface area (Å²) in [7, 11) is 0. The summed E-state index contributed by atoms with van der Waals surface area (Å²) < 4.78 is 0. The van der Waals surface area contributed by atoms with Gasteiger partial charge >= 0.3 is 5.97 Å². The third-order valence-electron chi connectivity index (χ3n) is 2.78. The minimum atomic E-state index is -0.766. The van der Waals surface area contributed by atoms with Crippen LogP contribution in [-0.2, 0) is 9.59 Å². The summed E-state index contributed by atoms with van der Waals surface area (Å²) in [6, 6.07) is 0.356. The smallest absolute Gasteiger partial charge is 0.308 e. The number of amides is 1. The molecule has 2 fully saturated rings. The summed E-state index contributed by atoms with van der Waals surface area (Å²) in [6.45, 7) is 0.429. The van der Waals surface area contributed by atoms with E-state index in [1.165, 1.54) is 0 Å². The Morgan fingerprint density at radius 1 is 1.38 bits per heavy atom. The summed E-state index contributed by atoms with van der Waals surface area (Å²) in [4.78, 5) is 23.8. The molecule has 1 amide bonds. The Balaban J connectivity index is 2.00. The van der Waals surface area contributed by atoms with Crippen molar-refractivity contribution < 1.29 is 14.7 Å². The number of carboxylic acids is 1.